The van der Waals surface area contributed by atoms with E-state index in [9.17, 15) is 14.4 Å². The quantitative estimate of drug-likeness (QED) is 0.783. The molecule has 0 saturated carbocycles. The second-order valence-electron chi connectivity index (χ2n) is 5.82. The Labute approximate surface area is 141 Å². The summed E-state index contributed by atoms with van der Waals surface area (Å²) in [5.74, 6) is 1.77. The highest BCUT2D eigenvalue weighted by Gasteiger charge is 2.53. The van der Waals surface area contributed by atoms with E-state index in [0.717, 1.165) is 10.7 Å². The van der Waals surface area contributed by atoms with Crippen LogP contribution in [0.1, 0.15) is 6.42 Å². The van der Waals surface area contributed by atoms with E-state index >= 15 is 0 Å². The van der Waals surface area contributed by atoms with Gasteiger partial charge in [-0.15, -0.1) is 0 Å². The van der Waals surface area contributed by atoms with Crippen LogP contribution in [0.3, 0.4) is 0 Å². The molecule has 9 heteroatoms. The summed E-state index contributed by atoms with van der Waals surface area (Å²) in [5.41, 5.74) is -0.316. The topological polar surface area (TPSA) is 97.0 Å². The summed E-state index contributed by atoms with van der Waals surface area (Å²) >= 11 is 1.62. The summed E-state index contributed by atoms with van der Waals surface area (Å²) in [6.07, 6.45) is 0.600. The number of carbonyl (C=O) groups is 3. The van der Waals surface area contributed by atoms with Crippen LogP contribution in [0.2, 0.25) is 0 Å². The Morgan fingerprint density at radius 1 is 1.33 bits per heavy atom. The number of benzene rings is 1. The van der Waals surface area contributed by atoms with E-state index in [1.54, 1.807) is 30.0 Å². The molecule has 126 valence electrons. The second kappa shape index (κ2) is 5.59. The molecule has 2 saturated heterocycles. The number of anilines is 1. The van der Waals surface area contributed by atoms with Gasteiger partial charge < -0.3 is 20.1 Å². The standard InChI is InChI=1S/C15H15N3O5S/c19-12(16-9-1-2-10-11(5-9)23-8-22-10)6-18-13(20)15(17-14(18)21)3-4-24-7-15/h1-2,5H,3-4,6-8H2,(H,16,19)(H,17,21)/t15-/m0/s1. The number of amides is 4. The van der Waals surface area contributed by atoms with E-state index in [-0.39, 0.29) is 19.2 Å². The molecule has 4 rings (SSSR count). The van der Waals surface area contributed by atoms with Crippen molar-refractivity contribution in [3.05, 3.63) is 18.2 Å². The molecular weight excluding hydrogens is 334 g/mol. The molecule has 1 aromatic rings. The van der Waals surface area contributed by atoms with Gasteiger partial charge in [0.25, 0.3) is 5.91 Å². The van der Waals surface area contributed by atoms with Crippen molar-refractivity contribution in [2.24, 2.45) is 0 Å². The van der Waals surface area contributed by atoms with Gasteiger partial charge in [-0.1, -0.05) is 0 Å². The van der Waals surface area contributed by atoms with Gasteiger partial charge in [-0.3, -0.25) is 14.5 Å². The van der Waals surface area contributed by atoms with E-state index in [1.165, 1.54) is 0 Å². The minimum atomic E-state index is -0.833. The molecular formula is C15H15N3O5S. The van der Waals surface area contributed by atoms with Crippen LogP contribution in [0.4, 0.5) is 10.5 Å². The molecule has 3 heterocycles. The first kappa shape index (κ1) is 15.1. The van der Waals surface area contributed by atoms with Crippen molar-refractivity contribution in [2.45, 2.75) is 12.0 Å². The van der Waals surface area contributed by atoms with Crippen LogP contribution < -0.4 is 20.1 Å². The Morgan fingerprint density at radius 3 is 2.96 bits per heavy atom. The van der Waals surface area contributed by atoms with Crippen LogP contribution in [0, 0.1) is 0 Å². The maximum absolute atomic E-state index is 12.5. The van der Waals surface area contributed by atoms with Gasteiger partial charge in [0.2, 0.25) is 12.7 Å². The molecule has 2 N–H and O–H groups in total. The number of imide groups is 1. The number of hydrogen-bond acceptors (Lipinski definition) is 6. The number of fused-ring (bicyclic) bond motifs is 1. The lowest BCUT2D eigenvalue weighted by atomic mass is 9.99. The zero-order valence-electron chi connectivity index (χ0n) is 12.7. The van der Waals surface area contributed by atoms with E-state index in [1.807, 2.05) is 0 Å². The third-order valence-electron chi connectivity index (χ3n) is 4.23. The lowest BCUT2D eigenvalue weighted by Crippen LogP contribution is -2.47. The molecule has 3 aliphatic rings. The minimum Gasteiger partial charge on any atom is -0.454 e. The minimum absolute atomic E-state index is 0.148. The third-order valence-corrected chi connectivity index (χ3v) is 5.42. The maximum Gasteiger partial charge on any atom is 0.325 e. The number of nitrogens with one attached hydrogen (secondary N) is 2. The van der Waals surface area contributed by atoms with Crippen molar-refractivity contribution < 1.29 is 23.9 Å². The molecule has 1 spiro atoms. The van der Waals surface area contributed by atoms with Crippen LogP contribution in [0.25, 0.3) is 0 Å². The number of thioether (sulfide) groups is 1. The Balaban J connectivity index is 1.43. The van der Waals surface area contributed by atoms with E-state index < -0.39 is 17.5 Å². The van der Waals surface area contributed by atoms with Crippen molar-refractivity contribution in [3.63, 3.8) is 0 Å². The van der Waals surface area contributed by atoms with E-state index in [2.05, 4.69) is 10.6 Å². The molecule has 8 nitrogen and oxygen atoms in total. The van der Waals surface area contributed by atoms with Crippen LogP contribution in [-0.4, -0.2) is 53.1 Å². The first-order valence-corrected chi connectivity index (χ1v) is 8.64. The lowest BCUT2D eigenvalue weighted by molar-refractivity contribution is -0.133. The predicted octanol–water partition coefficient (Wildman–Crippen LogP) is 0.781. The number of nitrogens with zero attached hydrogens (tertiary/aromatic N) is 1. The van der Waals surface area contributed by atoms with Crippen LogP contribution in [0.5, 0.6) is 11.5 Å². The molecule has 1 atom stereocenters. The second-order valence-corrected chi connectivity index (χ2v) is 6.93. The van der Waals surface area contributed by atoms with Gasteiger partial charge in [-0.25, -0.2) is 4.79 Å². The number of carbonyl (C=O) groups excluding carboxylic acids is 3. The van der Waals surface area contributed by atoms with Crippen LogP contribution in [-0.2, 0) is 9.59 Å². The van der Waals surface area contributed by atoms with Crippen LogP contribution in [0.15, 0.2) is 18.2 Å². The zero-order valence-corrected chi connectivity index (χ0v) is 13.5. The summed E-state index contributed by atoms with van der Waals surface area (Å²) in [4.78, 5) is 37.7. The molecule has 1 aromatic carbocycles. The van der Waals surface area contributed by atoms with E-state index in [4.69, 9.17) is 9.47 Å². The molecule has 4 amide bonds. The highest BCUT2D eigenvalue weighted by Crippen LogP contribution is 2.35. The Bertz CT molecular complexity index is 732. The molecule has 0 aromatic heterocycles. The van der Waals surface area contributed by atoms with Gasteiger partial charge in [-0.2, -0.15) is 11.8 Å². The average Bonchev–Trinajstić information content (AvgIpc) is 3.25. The van der Waals surface area contributed by atoms with Gasteiger partial charge >= 0.3 is 6.03 Å². The van der Waals surface area contributed by atoms with E-state index in [0.29, 0.717) is 29.4 Å². The van der Waals surface area contributed by atoms with Crippen LogP contribution >= 0.6 is 11.8 Å². The van der Waals surface area contributed by atoms with Gasteiger partial charge in [0.1, 0.15) is 12.1 Å². The smallest absolute Gasteiger partial charge is 0.325 e. The fourth-order valence-corrected chi connectivity index (χ4v) is 4.30. The van der Waals surface area contributed by atoms with Crippen molar-refractivity contribution >= 4 is 35.3 Å². The number of urea groups is 1. The first-order valence-electron chi connectivity index (χ1n) is 7.49. The van der Waals surface area contributed by atoms with Crippen molar-refractivity contribution in [1.29, 1.82) is 0 Å². The summed E-state index contributed by atoms with van der Waals surface area (Å²) < 4.78 is 10.5. The average molecular weight is 349 g/mol. The van der Waals surface area contributed by atoms with Crippen molar-refractivity contribution in [3.8, 4) is 11.5 Å². The van der Waals surface area contributed by atoms with Gasteiger partial charge in [0, 0.05) is 17.5 Å². The van der Waals surface area contributed by atoms with Gasteiger partial charge in [0.15, 0.2) is 11.5 Å². The predicted molar refractivity (Wildman–Crippen MR) is 86.1 cm³/mol. The molecule has 0 radical (unpaired) electrons. The molecule has 24 heavy (non-hydrogen) atoms. The summed E-state index contributed by atoms with van der Waals surface area (Å²) in [6.45, 7) is -0.166. The number of hydrogen-bond donors (Lipinski definition) is 2. The lowest BCUT2D eigenvalue weighted by Gasteiger charge is -2.19. The molecule has 0 aliphatic carbocycles. The Kier molecular flexibility index (Phi) is 3.52. The number of ether oxygens (including phenoxy) is 2. The Morgan fingerprint density at radius 2 is 2.17 bits per heavy atom. The normalized spacial score (nSPS) is 24.6. The fraction of sp³-hybridized carbons (Fsp3) is 0.400. The largest absolute Gasteiger partial charge is 0.454 e. The molecule has 0 bridgehead atoms. The summed E-state index contributed by atoms with van der Waals surface area (Å²) in [7, 11) is 0. The fourth-order valence-electron chi connectivity index (χ4n) is 2.97. The van der Waals surface area contributed by atoms with Crippen molar-refractivity contribution in [2.75, 3.05) is 30.2 Å². The van der Waals surface area contributed by atoms with Gasteiger partial charge in [0.05, 0.1) is 0 Å². The zero-order chi connectivity index (χ0) is 16.7. The van der Waals surface area contributed by atoms with Crippen molar-refractivity contribution in [1.82, 2.24) is 10.2 Å². The monoisotopic (exact) mass is 349 g/mol. The Hall–Kier alpha value is -2.42. The molecule has 2 fully saturated rings. The summed E-state index contributed by atoms with van der Waals surface area (Å²) in [6, 6.07) is 4.49. The summed E-state index contributed by atoms with van der Waals surface area (Å²) in [5, 5.41) is 5.40. The molecule has 3 aliphatic heterocycles. The first-order chi connectivity index (χ1) is 11.6. The SMILES string of the molecule is O=C(CN1C(=O)N[C@]2(CCSC2)C1=O)Nc1ccc2c(c1)OCO2. The highest BCUT2D eigenvalue weighted by molar-refractivity contribution is 7.99. The maximum atomic E-state index is 12.5. The highest BCUT2D eigenvalue weighted by atomic mass is 32.2. The molecule has 0 unspecified atom stereocenters. The van der Waals surface area contributed by atoms with Gasteiger partial charge in [-0.05, 0) is 24.3 Å². The number of rotatable bonds is 3. The third kappa shape index (κ3) is 2.44.